The van der Waals surface area contributed by atoms with Gasteiger partial charge in [-0.15, -0.1) is 0 Å². The molecule has 0 aliphatic carbocycles. The van der Waals surface area contributed by atoms with E-state index < -0.39 is 5.41 Å². The number of hydrogen-bond donors (Lipinski definition) is 2. The van der Waals surface area contributed by atoms with Gasteiger partial charge in [-0.3, -0.25) is 0 Å². The Kier molecular flexibility index (Phi) is 4.92. The summed E-state index contributed by atoms with van der Waals surface area (Å²) in [5.41, 5.74) is 3.52. The fourth-order valence-corrected chi connectivity index (χ4v) is 3.31. The lowest BCUT2D eigenvalue weighted by Crippen LogP contribution is -2.27. The summed E-state index contributed by atoms with van der Waals surface area (Å²) < 4.78 is 0. The van der Waals surface area contributed by atoms with Crippen LogP contribution in [0.4, 0.5) is 0 Å². The van der Waals surface area contributed by atoms with Crippen molar-refractivity contribution in [1.82, 2.24) is 0 Å². The van der Waals surface area contributed by atoms with Crippen molar-refractivity contribution in [2.75, 3.05) is 0 Å². The minimum atomic E-state index is -0.409. The van der Waals surface area contributed by atoms with E-state index in [1.54, 1.807) is 24.3 Å². The zero-order valence-electron chi connectivity index (χ0n) is 14.5. The van der Waals surface area contributed by atoms with E-state index in [0.717, 1.165) is 22.3 Å². The molecule has 0 heterocycles. The highest BCUT2D eigenvalue weighted by Gasteiger charge is 2.30. The Morgan fingerprint density at radius 3 is 1.85 bits per heavy atom. The Morgan fingerprint density at radius 2 is 1.35 bits per heavy atom. The lowest BCUT2D eigenvalue weighted by Gasteiger charge is -2.32. The van der Waals surface area contributed by atoms with Crippen LogP contribution in [0.15, 0.2) is 72.8 Å². The second-order valence-corrected chi connectivity index (χ2v) is 6.56. The van der Waals surface area contributed by atoms with E-state index in [4.69, 9.17) is 0 Å². The number of carbonyl (C=O) groups excluding carboxylic acids is 1. The number of aromatic hydroxyl groups is 2. The summed E-state index contributed by atoms with van der Waals surface area (Å²) in [5, 5.41) is 19.3. The Bertz CT molecular complexity index is 888. The molecular formula is C23H20O3. The third-order valence-electron chi connectivity index (χ3n) is 4.82. The predicted octanol–water partition coefficient (Wildman–Crippen LogP) is 4.49. The average Bonchev–Trinajstić information content (AvgIpc) is 2.64. The molecule has 0 spiro atoms. The first-order valence-electron chi connectivity index (χ1n) is 8.41. The molecule has 3 rings (SSSR count). The van der Waals surface area contributed by atoms with Gasteiger partial charge in [0.1, 0.15) is 17.4 Å². The highest BCUT2D eigenvalue weighted by molar-refractivity contribution is 5.76. The van der Waals surface area contributed by atoms with Gasteiger partial charge in [-0.25, -0.2) is 4.79 Å². The van der Waals surface area contributed by atoms with Gasteiger partial charge in [-0.1, -0.05) is 55.5 Å². The van der Waals surface area contributed by atoms with E-state index in [9.17, 15) is 15.0 Å². The molecule has 0 saturated heterocycles. The van der Waals surface area contributed by atoms with Crippen LogP contribution in [0, 0.1) is 0 Å². The van der Waals surface area contributed by atoms with E-state index in [2.05, 4.69) is 6.92 Å². The summed E-state index contributed by atoms with van der Waals surface area (Å²) in [6.07, 6.45) is 2.10. The molecular weight excluding hydrogens is 324 g/mol. The number of hydrogen-bond acceptors (Lipinski definition) is 3. The molecule has 130 valence electrons. The zero-order chi connectivity index (χ0) is 18.6. The maximum atomic E-state index is 10.9. The second kappa shape index (κ2) is 7.30. The van der Waals surface area contributed by atoms with E-state index >= 15 is 0 Å². The van der Waals surface area contributed by atoms with Crippen LogP contribution in [-0.4, -0.2) is 16.2 Å². The summed E-state index contributed by atoms with van der Waals surface area (Å²) in [6.45, 7) is 2.12. The van der Waals surface area contributed by atoms with Gasteiger partial charge in [0.15, 0.2) is 0 Å². The van der Waals surface area contributed by atoms with Crippen LogP contribution in [0.5, 0.6) is 11.5 Å². The molecule has 0 fully saturated rings. The summed E-state index contributed by atoms with van der Waals surface area (Å²) in [4.78, 5) is 10.9. The van der Waals surface area contributed by atoms with Gasteiger partial charge in [0.05, 0.1) is 0 Å². The summed E-state index contributed by atoms with van der Waals surface area (Å²) in [6, 6.07) is 22.0. The fourth-order valence-electron chi connectivity index (χ4n) is 3.31. The number of benzene rings is 3. The maximum absolute atomic E-state index is 10.9. The van der Waals surface area contributed by atoms with Crippen molar-refractivity contribution in [3.8, 4) is 11.5 Å². The van der Waals surface area contributed by atoms with E-state index in [1.807, 2.05) is 54.5 Å². The Hall–Kier alpha value is -3.29. The third-order valence-corrected chi connectivity index (χ3v) is 4.82. The van der Waals surface area contributed by atoms with Crippen LogP contribution in [0.2, 0.25) is 0 Å². The van der Waals surface area contributed by atoms with Crippen molar-refractivity contribution in [2.24, 2.45) is 0 Å². The molecule has 26 heavy (non-hydrogen) atoms. The first-order chi connectivity index (χ1) is 12.5. The van der Waals surface area contributed by atoms with Crippen molar-refractivity contribution in [3.05, 3.63) is 95.1 Å². The molecule has 3 nitrogen and oxygen atoms in total. The van der Waals surface area contributed by atoms with Gasteiger partial charge in [0, 0.05) is 11.5 Å². The number of phenols is 2. The minimum absolute atomic E-state index is 0.214. The summed E-state index contributed by atoms with van der Waals surface area (Å²) in [5.74, 6) is 2.29. The smallest absolute Gasteiger partial charge is 0.125 e. The summed E-state index contributed by atoms with van der Waals surface area (Å²) in [7, 11) is 0. The minimum Gasteiger partial charge on any atom is -0.508 e. The largest absolute Gasteiger partial charge is 0.508 e. The van der Waals surface area contributed by atoms with Crippen molar-refractivity contribution in [3.63, 3.8) is 0 Å². The van der Waals surface area contributed by atoms with Gasteiger partial charge in [0.2, 0.25) is 0 Å². The van der Waals surface area contributed by atoms with Crippen LogP contribution >= 0.6 is 0 Å². The molecule has 0 aliphatic rings. The van der Waals surface area contributed by atoms with E-state index in [1.165, 1.54) is 6.08 Å². The molecule has 3 aromatic rings. The first-order valence-corrected chi connectivity index (χ1v) is 8.41. The predicted molar refractivity (Wildman–Crippen MR) is 103 cm³/mol. The molecule has 0 saturated carbocycles. The van der Waals surface area contributed by atoms with Gasteiger partial charge in [0.25, 0.3) is 0 Å². The van der Waals surface area contributed by atoms with Gasteiger partial charge in [-0.05, 0) is 52.9 Å². The molecule has 0 amide bonds. The first kappa shape index (κ1) is 17.5. The van der Waals surface area contributed by atoms with Crippen LogP contribution in [0.3, 0.4) is 0 Å². The number of phenolic OH excluding ortho intramolecular Hbond substituents is 2. The van der Waals surface area contributed by atoms with Crippen LogP contribution < -0.4 is 0 Å². The average molecular weight is 344 g/mol. The summed E-state index contributed by atoms with van der Waals surface area (Å²) >= 11 is 0. The van der Waals surface area contributed by atoms with Gasteiger partial charge < -0.3 is 10.2 Å². The Balaban J connectivity index is 2.13. The van der Waals surface area contributed by atoms with E-state index in [0.29, 0.717) is 6.42 Å². The van der Waals surface area contributed by atoms with Crippen molar-refractivity contribution < 1.29 is 15.0 Å². The monoisotopic (exact) mass is 344 g/mol. The van der Waals surface area contributed by atoms with Gasteiger partial charge in [-0.2, -0.15) is 0 Å². The van der Waals surface area contributed by atoms with Crippen molar-refractivity contribution in [2.45, 2.75) is 18.8 Å². The molecule has 2 N–H and O–H groups in total. The second-order valence-electron chi connectivity index (χ2n) is 6.56. The van der Waals surface area contributed by atoms with Gasteiger partial charge >= 0.3 is 0 Å². The molecule has 0 aliphatic heterocycles. The lowest BCUT2D eigenvalue weighted by molar-refractivity contribution is 0.473. The lowest BCUT2D eigenvalue weighted by atomic mass is 9.71. The standard InChI is InChI=1S/C23H20O3/c1-23(19-6-10-21(25)11-7-19,20-8-12-22(26)13-9-20)16-18-5-3-2-4-17(18)14-15-24/h2-14,25-26H,16H2,1H3. The quantitative estimate of drug-likeness (QED) is 0.671. The van der Waals surface area contributed by atoms with Crippen LogP contribution in [0.1, 0.15) is 29.2 Å². The fraction of sp³-hybridized carbons (Fsp3) is 0.130. The molecule has 0 unspecified atom stereocenters. The SMILES string of the molecule is CC(Cc1ccccc1C=C=O)(c1ccc(O)cc1)c1ccc(O)cc1. The van der Waals surface area contributed by atoms with Crippen molar-refractivity contribution in [1.29, 1.82) is 0 Å². The molecule has 0 bridgehead atoms. The van der Waals surface area contributed by atoms with Crippen molar-refractivity contribution >= 4 is 12.0 Å². The van der Waals surface area contributed by atoms with Crippen LogP contribution in [-0.2, 0) is 16.6 Å². The molecule has 0 atom stereocenters. The molecule has 3 aromatic carbocycles. The third kappa shape index (κ3) is 3.53. The molecule has 0 aromatic heterocycles. The Morgan fingerprint density at radius 1 is 0.846 bits per heavy atom. The molecule has 3 heteroatoms. The maximum Gasteiger partial charge on any atom is 0.125 e. The number of rotatable bonds is 5. The highest BCUT2D eigenvalue weighted by atomic mass is 16.3. The topological polar surface area (TPSA) is 57.5 Å². The highest BCUT2D eigenvalue weighted by Crippen LogP contribution is 2.37. The Labute approximate surface area is 152 Å². The van der Waals surface area contributed by atoms with Crippen LogP contribution in [0.25, 0.3) is 6.08 Å². The zero-order valence-corrected chi connectivity index (χ0v) is 14.5. The van der Waals surface area contributed by atoms with E-state index in [-0.39, 0.29) is 11.5 Å². The molecule has 0 radical (unpaired) electrons. The normalized spacial score (nSPS) is 11.0.